The van der Waals surface area contributed by atoms with Crippen LogP contribution >= 0.6 is 24.0 Å². The van der Waals surface area contributed by atoms with Gasteiger partial charge in [0.15, 0.2) is 5.96 Å². The highest BCUT2D eigenvalue weighted by atomic mass is 127. The molecule has 2 N–H and O–H groups in total. The van der Waals surface area contributed by atoms with E-state index < -0.39 is 0 Å². The largest absolute Gasteiger partial charge is 0.475 e. The average Bonchev–Trinajstić information content (AvgIpc) is 3.29. The second-order valence-electron chi connectivity index (χ2n) is 6.56. The van der Waals surface area contributed by atoms with E-state index in [0.717, 1.165) is 12.1 Å². The molecule has 166 valence electrons. The quantitative estimate of drug-likeness (QED) is 0.180. The fraction of sp³-hybridized carbons (Fsp3) is 0.318. The Balaban J connectivity index is 0.00000341. The highest BCUT2D eigenvalue weighted by molar-refractivity contribution is 14.0. The van der Waals surface area contributed by atoms with Crippen LogP contribution in [0.4, 0.5) is 0 Å². The van der Waals surface area contributed by atoms with E-state index in [1.165, 1.54) is 11.1 Å². The number of ether oxygens (including phenoxy) is 2. The summed E-state index contributed by atoms with van der Waals surface area (Å²) in [6.07, 6.45) is 5.47. The van der Waals surface area contributed by atoms with Crippen molar-refractivity contribution in [3.05, 3.63) is 77.7 Å². The third-order valence-electron chi connectivity index (χ3n) is 4.50. The van der Waals surface area contributed by atoms with Crippen molar-refractivity contribution >= 4 is 29.9 Å². The van der Waals surface area contributed by atoms with Crippen LogP contribution in [-0.2, 0) is 24.4 Å². The smallest absolute Gasteiger partial charge is 0.218 e. The number of halogens is 1. The molecule has 0 unspecified atom stereocenters. The molecule has 9 heteroatoms. The fourth-order valence-corrected chi connectivity index (χ4v) is 2.94. The van der Waals surface area contributed by atoms with Crippen molar-refractivity contribution < 1.29 is 9.47 Å². The van der Waals surface area contributed by atoms with Gasteiger partial charge in [-0.05, 0) is 23.3 Å². The minimum Gasteiger partial charge on any atom is -0.475 e. The van der Waals surface area contributed by atoms with Crippen LogP contribution in [0.15, 0.2) is 66.0 Å². The molecule has 0 bridgehead atoms. The van der Waals surface area contributed by atoms with E-state index >= 15 is 0 Å². The third-order valence-corrected chi connectivity index (χ3v) is 4.50. The Bertz CT molecular complexity index is 933. The predicted molar refractivity (Wildman–Crippen MR) is 132 cm³/mol. The van der Waals surface area contributed by atoms with Gasteiger partial charge in [0, 0.05) is 51.4 Å². The molecule has 0 atom stereocenters. The Labute approximate surface area is 200 Å². The molecule has 0 spiro atoms. The van der Waals surface area contributed by atoms with Gasteiger partial charge in [0.25, 0.3) is 0 Å². The van der Waals surface area contributed by atoms with Gasteiger partial charge >= 0.3 is 0 Å². The molecular weight excluding hydrogens is 507 g/mol. The first-order valence-corrected chi connectivity index (χ1v) is 9.84. The van der Waals surface area contributed by atoms with Gasteiger partial charge in [0.1, 0.15) is 6.61 Å². The zero-order chi connectivity index (χ0) is 21.0. The second-order valence-corrected chi connectivity index (χ2v) is 6.56. The molecule has 0 radical (unpaired) electrons. The predicted octanol–water partition coefficient (Wildman–Crippen LogP) is 2.83. The Kier molecular flexibility index (Phi) is 10.8. The monoisotopic (exact) mass is 536 g/mol. The first kappa shape index (κ1) is 24.6. The van der Waals surface area contributed by atoms with Crippen molar-refractivity contribution in [1.29, 1.82) is 0 Å². The van der Waals surface area contributed by atoms with Crippen molar-refractivity contribution in [2.24, 2.45) is 4.99 Å². The van der Waals surface area contributed by atoms with Crippen molar-refractivity contribution in [3.63, 3.8) is 0 Å². The van der Waals surface area contributed by atoms with Crippen LogP contribution in [0.3, 0.4) is 0 Å². The molecule has 0 fully saturated rings. The molecule has 8 nitrogen and oxygen atoms in total. The number of methoxy groups -OCH3 is 1. The molecule has 0 saturated carbocycles. The summed E-state index contributed by atoms with van der Waals surface area (Å²) in [6.45, 7) is 2.91. The van der Waals surface area contributed by atoms with Crippen LogP contribution in [0, 0.1) is 0 Å². The molecule has 0 amide bonds. The van der Waals surface area contributed by atoms with Gasteiger partial charge in [-0.1, -0.05) is 30.3 Å². The number of benzene rings is 1. The first-order chi connectivity index (χ1) is 14.8. The third kappa shape index (κ3) is 7.83. The maximum Gasteiger partial charge on any atom is 0.218 e. The second kappa shape index (κ2) is 13.6. The summed E-state index contributed by atoms with van der Waals surface area (Å²) >= 11 is 0. The lowest BCUT2D eigenvalue weighted by Crippen LogP contribution is -2.36. The van der Waals surface area contributed by atoms with Gasteiger partial charge in [-0.15, -0.1) is 24.0 Å². The van der Waals surface area contributed by atoms with Crippen LogP contribution in [0.25, 0.3) is 0 Å². The Hall–Kier alpha value is -2.66. The Morgan fingerprint density at radius 2 is 1.71 bits per heavy atom. The summed E-state index contributed by atoms with van der Waals surface area (Å²) in [5, 5.41) is 11.0. The SMILES string of the molecule is CN=C(NCc1ccccc1Cn1cccn1)NCc1cccnc1OCCOC.I. The van der Waals surface area contributed by atoms with E-state index in [0.29, 0.717) is 38.1 Å². The van der Waals surface area contributed by atoms with Crippen molar-refractivity contribution in [2.45, 2.75) is 19.6 Å². The molecule has 1 aromatic carbocycles. The summed E-state index contributed by atoms with van der Waals surface area (Å²) < 4.78 is 12.6. The lowest BCUT2D eigenvalue weighted by atomic mass is 10.1. The highest BCUT2D eigenvalue weighted by Crippen LogP contribution is 2.14. The van der Waals surface area contributed by atoms with Gasteiger partial charge in [-0.3, -0.25) is 9.67 Å². The minimum atomic E-state index is 0. The molecule has 0 aliphatic heterocycles. The van der Waals surface area contributed by atoms with E-state index in [-0.39, 0.29) is 24.0 Å². The highest BCUT2D eigenvalue weighted by Gasteiger charge is 2.08. The van der Waals surface area contributed by atoms with E-state index in [2.05, 4.69) is 37.8 Å². The molecule has 0 aliphatic rings. The van der Waals surface area contributed by atoms with E-state index in [9.17, 15) is 0 Å². The van der Waals surface area contributed by atoms with Crippen LogP contribution in [0.5, 0.6) is 5.88 Å². The van der Waals surface area contributed by atoms with Crippen molar-refractivity contribution in [2.75, 3.05) is 27.4 Å². The van der Waals surface area contributed by atoms with Gasteiger partial charge in [0.05, 0.1) is 13.2 Å². The van der Waals surface area contributed by atoms with Crippen molar-refractivity contribution in [1.82, 2.24) is 25.4 Å². The summed E-state index contributed by atoms with van der Waals surface area (Å²) in [5.41, 5.74) is 3.36. The maximum atomic E-state index is 5.69. The topological polar surface area (TPSA) is 85.6 Å². The Morgan fingerprint density at radius 1 is 0.968 bits per heavy atom. The molecule has 31 heavy (non-hydrogen) atoms. The molecule has 2 heterocycles. The van der Waals surface area contributed by atoms with Gasteiger partial charge in [-0.2, -0.15) is 5.10 Å². The lowest BCUT2D eigenvalue weighted by Gasteiger charge is -2.15. The maximum absolute atomic E-state index is 5.69. The number of hydrogen-bond donors (Lipinski definition) is 2. The van der Waals surface area contributed by atoms with E-state index in [1.807, 2.05) is 41.2 Å². The van der Waals surface area contributed by atoms with E-state index in [4.69, 9.17) is 9.47 Å². The molecule has 0 saturated heterocycles. The number of nitrogens with zero attached hydrogens (tertiary/aromatic N) is 4. The van der Waals surface area contributed by atoms with E-state index in [1.54, 1.807) is 26.6 Å². The standard InChI is InChI=1S/C22H28N6O2.HI/c1-23-22(26-16-19-9-5-10-24-21(19)30-14-13-29-2)25-15-18-7-3-4-8-20(18)17-28-12-6-11-27-28;/h3-12H,13-17H2,1-2H3,(H2,23,25,26);1H. The van der Waals surface area contributed by atoms with Crippen molar-refractivity contribution in [3.8, 4) is 5.88 Å². The number of pyridine rings is 1. The zero-order valence-corrected chi connectivity index (χ0v) is 20.2. The number of aromatic nitrogens is 3. The number of aliphatic imine (C=N–C) groups is 1. The fourth-order valence-electron chi connectivity index (χ4n) is 2.94. The number of guanidine groups is 1. The summed E-state index contributed by atoms with van der Waals surface area (Å²) in [4.78, 5) is 8.63. The molecule has 3 aromatic rings. The summed E-state index contributed by atoms with van der Waals surface area (Å²) in [5.74, 6) is 1.30. The Morgan fingerprint density at radius 3 is 2.42 bits per heavy atom. The number of nitrogens with one attached hydrogen (secondary N) is 2. The zero-order valence-electron chi connectivity index (χ0n) is 17.8. The van der Waals surface area contributed by atoms with Crippen LogP contribution in [-0.4, -0.2) is 48.1 Å². The molecule has 0 aliphatic carbocycles. The summed E-state index contributed by atoms with van der Waals surface area (Å²) in [6, 6.07) is 14.1. The average molecular weight is 536 g/mol. The van der Waals surface area contributed by atoms with Gasteiger partial charge in [-0.25, -0.2) is 4.98 Å². The van der Waals surface area contributed by atoms with Gasteiger partial charge < -0.3 is 20.1 Å². The van der Waals surface area contributed by atoms with Crippen LogP contribution in [0.2, 0.25) is 0 Å². The number of hydrogen-bond acceptors (Lipinski definition) is 5. The number of rotatable bonds is 10. The normalized spacial score (nSPS) is 11.0. The molecule has 3 rings (SSSR count). The first-order valence-electron chi connectivity index (χ1n) is 9.84. The lowest BCUT2D eigenvalue weighted by molar-refractivity contribution is 0.143. The minimum absolute atomic E-state index is 0. The molecule has 2 aromatic heterocycles. The summed E-state index contributed by atoms with van der Waals surface area (Å²) in [7, 11) is 3.40. The van der Waals surface area contributed by atoms with Crippen LogP contribution < -0.4 is 15.4 Å². The molecular formula is C22H29IN6O2. The van der Waals surface area contributed by atoms with Gasteiger partial charge in [0.2, 0.25) is 5.88 Å². The van der Waals surface area contributed by atoms with Crippen LogP contribution in [0.1, 0.15) is 16.7 Å².